The first kappa shape index (κ1) is 14.3. The maximum absolute atomic E-state index is 6.22. The zero-order chi connectivity index (χ0) is 14.8. The van der Waals surface area contributed by atoms with Crippen LogP contribution >= 0.6 is 34.8 Å². The largest absolute Gasteiger partial charge is 0.237 e. The summed E-state index contributed by atoms with van der Waals surface area (Å²) in [7, 11) is 0. The lowest BCUT2D eigenvalue weighted by Gasteiger charge is -2.06. The fourth-order valence-electron chi connectivity index (χ4n) is 1.94. The Bertz CT molecular complexity index is 786. The molecule has 1 heterocycles. The van der Waals surface area contributed by atoms with Gasteiger partial charge in [-0.25, -0.2) is 9.97 Å². The van der Waals surface area contributed by atoms with Gasteiger partial charge in [-0.15, -0.1) is 0 Å². The molecule has 0 aliphatic rings. The van der Waals surface area contributed by atoms with Gasteiger partial charge in [-0.3, -0.25) is 0 Å². The van der Waals surface area contributed by atoms with Crippen molar-refractivity contribution in [1.82, 2.24) is 9.97 Å². The zero-order valence-electron chi connectivity index (χ0n) is 10.7. The smallest absolute Gasteiger partial charge is 0.159 e. The van der Waals surface area contributed by atoms with Gasteiger partial charge in [0, 0.05) is 27.4 Å². The molecule has 0 bridgehead atoms. The van der Waals surface area contributed by atoms with E-state index in [9.17, 15) is 0 Å². The summed E-state index contributed by atoms with van der Waals surface area (Å²) in [5, 5.41) is 1.83. The molecule has 0 saturated carbocycles. The van der Waals surface area contributed by atoms with E-state index in [1.165, 1.54) is 0 Å². The number of hydrogen-bond donors (Lipinski definition) is 0. The highest BCUT2D eigenvalue weighted by Gasteiger charge is 2.08. The van der Waals surface area contributed by atoms with Crippen molar-refractivity contribution in [3.8, 4) is 22.6 Å². The van der Waals surface area contributed by atoms with Gasteiger partial charge in [0.15, 0.2) is 5.82 Å². The van der Waals surface area contributed by atoms with Gasteiger partial charge < -0.3 is 0 Å². The van der Waals surface area contributed by atoms with Gasteiger partial charge in [0.05, 0.1) is 10.7 Å². The maximum Gasteiger partial charge on any atom is 0.159 e. The Kier molecular flexibility index (Phi) is 4.11. The second kappa shape index (κ2) is 6.02. The zero-order valence-corrected chi connectivity index (χ0v) is 13.0. The van der Waals surface area contributed by atoms with Crippen LogP contribution in [0.2, 0.25) is 15.1 Å². The van der Waals surface area contributed by atoms with Crippen LogP contribution in [0.4, 0.5) is 0 Å². The molecule has 104 valence electrons. The predicted molar refractivity (Wildman–Crippen MR) is 87.9 cm³/mol. The number of nitrogens with zero attached hydrogens (tertiary/aromatic N) is 2. The van der Waals surface area contributed by atoms with Crippen LogP contribution in [0.3, 0.4) is 0 Å². The minimum absolute atomic E-state index is 0.559. The molecule has 1 aromatic heterocycles. The monoisotopic (exact) mass is 334 g/mol. The average Bonchev–Trinajstić information content (AvgIpc) is 2.48. The Morgan fingerprint density at radius 2 is 1.48 bits per heavy atom. The van der Waals surface area contributed by atoms with Gasteiger partial charge in [-0.2, -0.15) is 0 Å². The lowest BCUT2D eigenvalue weighted by atomic mass is 10.1. The average molecular weight is 336 g/mol. The molecule has 21 heavy (non-hydrogen) atoms. The molecule has 5 heteroatoms. The number of aromatic nitrogens is 2. The van der Waals surface area contributed by atoms with E-state index in [1.54, 1.807) is 18.3 Å². The second-order valence-corrected chi connectivity index (χ2v) is 5.68. The molecule has 0 atom stereocenters. The van der Waals surface area contributed by atoms with E-state index < -0.39 is 0 Å². The van der Waals surface area contributed by atoms with Crippen molar-refractivity contribution in [1.29, 1.82) is 0 Å². The molecule has 0 unspecified atom stereocenters. The van der Waals surface area contributed by atoms with E-state index in [0.29, 0.717) is 20.9 Å². The van der Waals surface area contributed by atoms with Crippen molar-refractivity contribution in [3.05, 3.63) is 69.8 Å². The summed E-state index contributed by atoms with van der Waals surface area (Å²) in [5.41, 5.74) is 2.46. The predicted octanol–water partition coefficient (Wildman–Crippen LogP) is 5.77. The van der Waals surface area contributed by atoms with Crippen molar-refractivity contribution in [2.45, 2.75) is 0 Å². The Morgan fingerprint density at radius 3 is 2.19 bits per heavy atom. The summed E-state index contributed by atoms with van der Waals surface area (Å²) in [6.07, 6.45) is 1.71. The lowest BCUT2D eigenvalue weighted by molar-refractivity contribution is 1.18. The highest BCUT2D eigenvalue weighted by molar-refractivity contribution is 6.36. The summed E-state index contributed by atoms with van der Waals surface area (Å²) in [5.74, 6) is 0.621. The molecule has 2 aromatic carbocycles. The Balaban J connectivity index is 2.05. The van der Waals surface area contributed by atoms with Crippen LogP contribution in [0.5, 0.6) is 0 Å². The lowest BCUT2D eigenvalue weighted by Crippen LogP contribution is -1.92. The molecule has 0 N–H and O–H groups in total. The van der Waals surface area contributed by atoms with E-state index in [4.69, 9.17) is 34.8 Å². The van der Waals surface area contributed by atoms with E-state index in [-0.39, 0.29) is 0 Å². The third-order valence-electron chi connectivity index (χ3n) is 2.97. The molecule has 3 aromatic rings. The number of rotatable bonds is 2. The van der Waals surface area contributed by atoms with Crippen molar-refractivity contribution < 1.29 is 0 Å². The fraction of sp³-hybridized carbons (Fsp3) is 0. The van der Waals surface area contributed by atoms with Crippen molar-refractivity contribution >= 4 is 34.8 Å². The van der Waals surface area contributed by atoms with Crippen LogP contribution in [0, 0.1) is 0 Å². The number of hydrogen-bond acceptors (Lipinski definition) is 2. The van der Waals surface area contributed by atoms with Gasteiger partial charge in [0.1, 0.15) is 0 Å². The molecule has 0 aliphatic carbocycles. The van der Waals surface area contributed by atoms with Crippen LogP contribution in [0.25, 0.3) is 22.6 Å². The first-order valence-corrected chi connectivity index (χ1v) is 7.31. The van der Waals surface area contributed by atoms with Gasteiger partial charge in [0.25, 0.3) is 0 Å². The Hall–Kier alpha value is -1.61. The molecule has 2 nitrogen and oxygen atoms in total. The molecular weight excluding hydrogens is 327 g/mol. The second-order valence-electron chi connectivity index (χ2n) is 4.40. The van der Waals surface area contributed by atoms with Crippen molar-refractivity contribution in [2.24, 2.45) is 0 Å². The van der Waals surface area contributed by atoms with Crippen LogP contribution in [0.1, 0.15) is 0 Å². The van der Waals surface area contributed by atoms with Gasteiger partial charge >= 0.3 is 0 Å². The SMILES string of the molecule is Clc1ccc(-c2nccc(-c3ccc(Cl)cc3Cl)n2)cc1. The van der Waals surface area contributed by atoms with Crippen LogP contribution in [-0.2, 0) is 0 Å². The van der Waals surface area contributed by atoms with Crippen molar-refractivity contribution in [3.63, 3.8) is 0 Å². The normalized spacial score (nSPS) is 10.6. The van der Waals surface area contributed by atoms with E-state index in [0.717, 1.165) is 16.8 Å². The van der Waals surface area contributed by atoms with Gasteiger partial charge in [-0.1, -0.05) is 34.8 Å². The first-order valence-electron chi connectivity index (χ1n) is 6.18. The third kappa shape index (κ3) is 3.18. The fourth-order valence-corrected chi connectivity index (χ4v) is 2.58. The van der Waals surface area contributed by atoms with Crippen LogP contribution in [-0.4, -0.2) is 9.97 Å². The molecule has 3 rings (SSSR count). The van der Waals surface area contributed by atoms with Crippen molar-refractivity contribution in [2.75, 3.05) is 0 Å². The number of benzene rings is 2. The summed E-state index contributed by atoms with van der Waals surface area (Å²) in [4.78, 5) is 8.84. The Morgan fingerprint density at radius 1 is 0.762 bits per heavy atom. The first-order chi connectivity index (χ1) is 10.1. The van der Waals surface area contributed by atoms with Gasteiger partial charge in [-0.05, 0) is 48.5 Å². The summed E-state index contributed by atoms with van der Waals surface area (Å²) in [6, 6.07) is 14.5. The highest BCUT2D eigenvalue weighted by Crippen LogP contribution is 2.30. The highest BCUT2D eigenvalue weighted by atomic mass is 35.5. The summed E-state index contributed by atoms with van der Waals surface area (Å²) < 4.78 is 0. The summed E-state index contributed by atoms with van der Waals surface area (Å²) in [6.45, 7) is 0. The van der Waals surface area contributed by atoms with Gasteiger partial charge in [0.2, 0.25) is 0 Å². The number of halogens is 3. The van der Waals surface area contributed by atoms with E-state index in [1.807, 2.05) is 36.4 Å². The quantitative estimate of drug-likeness (QED) is 0.594. The molecular formula is C16H9Cl3N2. The van der Waals surface area contributed by atoms with E-state index in [2.05, 4.69) is 9.97 Å². The van der Waals surface area contributed by atoms with E-state index >= 15 is 0 Å². The third-order valence-corrected chi connectivity index (χ3v) is 3.76. The molecule has 0 aliphatic heterocycles. The minimum Gasteiger partial charge on any atom is -0.237 e. The molecule has 0 spiro atoms. The van der Waals surface area contributed by atoms with Crippen LogP contribution in [0.15, 0.2) is 54.7 Å². The minimum atomic E-state index is 0.559. The van der Waals surface area contributed by atoms with Crippen LogP contribution < -0.4 is 0 Å². The molecule has 0 saturated heterocycles. The molecule has 0 radical (unpaired) electrons. The topological polar surface area (TPSA) is 25.8 Å². The standard InChI is InChI=1S/C16H9Cl3N2/c17-11-3-1-10(2-4-11)16-20-8-7-15(21-16)13-6-5-12(18)9-14(13)19/h1-9H. The Labute approximate surface area is 137 Å². The molecule has 0 fully saturated rings. The summed E-state index contributed by atoms with van der Waals surface area (Å²) >= 11 is 18.0. The molecule has 0 amide bonds. The maximum atomic E-state index is 6.22.